The first-order chi connectivity index (χ1) is 19.6. The highest BCUT2D eigenvalue weighted by molar-refractivity contribution is 5.77. The zero-order valence-corrected chi connectivity index (χ0v) is 22.4. The van der Waals surface area contributed by atoms with E-state index in [0.717, 1.165) is 22.6 Å². The highest BCUT2D eigenvalue weighted by Gasteiger charge is 2.41. The van der Waals surface area contributed by atoms with Gasteiger partial charge in [0.15, 0.2) is 0 Å². The van der Waals surface area contributed by atoms with Gasteiger partial charge in [0, 0.05) is 25.1 Å². The Balaban J connectivity index is 1.15. The maximum absolute atomic E-state index is 12.8. The van der Waals surface area contributed by atoms with Crippen molar-refractivity contribution in [3.8, 4) is 23.0 Å². The summed E-state index contributed by atoms with van der Waals surface area (Å²) in [6.45, 7) is 3.21. The molecule has 5 rings (SSSR count). The summed E-state index contributed by atoms with van der Waals surface area (Å²) in [5.41, 5.74) is 1.99. The van der Waals surface area contributed by atoms with Gasteiger partial charge in [0.2, 0.25) is 5.89 Å². The summed E-state index contributed by atoms with van der Waals surface area (Å²) < 4.78 is 22.6. The quantitative estimate of drug-likeness (QED) is 0.234. The molecule has 2 heterocycles. The zero-order chi connectivity index (χ0) is 27.7. The average molecular weight is 541 g/mol. The van der Waals surface area contributed by atoms with E-state index in [1.54, 1.807) is 42.3 Å². The van der Waals surface area contributed by atoms with Crippen LogP contribution >= 0.6 is 0 Å². The van der Waals surface area contributed by atoms with Crippen LogP contribution in [0, 0.1) is 11.8 Å². The molecule has 4 aromatic rings. The Morgan fingerprint density at radius 1 is 0.925 bits per heavy atom. The minimum atomic E-state index is -0.464. The van der Waals surface area contributed by atoms with Gasteiger partial charge in [-0.15, -0.1) is 0 Å². The van der Waals surface area contributed by atoms with E-state index >= 15 is 0 Å². The number of rotatable bonds is 10. The molecule has 8 nitrogen and oxygen atoms in total. The Bertz CT molecular complexity index is 1390. The molecule has 1 aromatic heterocycles. The van der Waals surface area contributed by atoms with Crippen LogP contribution in [0.1, 0.15) is 18.2 Å². The van der Waals surface area contributed by atoms with Crippen LogP contribution in [0.2, 0.25) is 0 Å². The van der Waals surface area contributed by atoms with E-state index in [0.29, 0.717) is 44.2 Å². The van der Waals surface area contributed by atoms with Crippen LogP contribution in [-0.4, -0.2) is 48.2 Å². The Labute approximate surface area is 233 Å². The van der Waals surface area contributed by atoms with Crippen molar-refractivity contribution in [3.05, 3.63) is 102 Å². The topological polar surface area (TPSA) is 91.1 Å². The van der Waals surface area contributed by atoms with Gasteiger partial charge in [-0.3, -0.25) is 4.79 Å². The van der Waals surface area contributed by atoms with Gasteiger partial charge >= 0.3 is 12.1 Å². The number of carbonyl (C=O) groups excluding carboxylic acids is 2. The van der Waals surface area contributed by atoms with Crippen molar-refractivity contribution in [2.45, 2.75) is 19.8 Å². The number of ether oxygens (including phenoxy) is 3. The number of oxazole rings is 1. The lowest BCUT2D eigenvalue weighted by Crippen LogP contribution is -2.32. The van der Waals surface area contributed by atoms with E-state index in [1.807, 2.05) is 60.7 Å². The van der Waals surface area contributed by atoms with Crippen LogP contribution in [0.4, 0.5) is 4.79 Å². The van der Waals surface area contributed by atoms with Crippen molar-refractivity contribution >= 4 is 12.1 Å². The van der Waals surface area contributed by atoms with E-state index in [2.05, 4.69) is 4.98 Å². The molecule has 0 spiro atoms. The third-order valence-electron chi connectivity index (χ3n) is 6.85. The lowest BCUT2D eigenvalue weighted by molar-refractivity contribution is -0.148. The van der Waals surface area contributed by atoms with Crippen LogP contribution in [0.25, 0.3) is 11.5 Å². The summed E-state index contributed by atoms with van der Waals surface area (Å²) in [6.07, 6.45) is 2.49. The smallest absolute Gasteiger partial charge is 0.415 e. The summed E-state index contributed by atoms with van der Waals surface area (Å²) in [6, 6.07) is 26.5. The van der Waals surface area contributed by atoms with E-state index in [9.17, 15) is 9.59 Å². The summed E-state index contributed by atoms with van der Waals surface area (Å²) in [5.74, 6) is 1.79. The number of hydrogen-bond acceptors (Lipinski definition) is 7. The molecule has 1 aliphatic heterocycles. The second kappa shape index (κ2) is 13.0. The third-order valence-corrected chi connectivity index (χ3v) is 6.85. The van der Waals surface area contributed by atoms with Gasteiger partial charge < -0.3 is 23.5 Å². The molecule has 0 unspecified atom stereocenters. The number of benzene rings is 3. The number of esters is 1. The summed E-state index contributed by atoms with van der Waals surface area (Å²) in [5, 5.41) is 0. The minimum absolute atomic E-state index is 0.0839. The van der Waals surface area contributed by atoms with E-state index in [-0.39, 0.29) is 18.4 Å². The molecule has 40 heavy (non-hydrogen) atoms. The molecular weight excluding hydrogens is 508 g/mol. The molecule has 0 radical (unpaired) electrons. The predicted octanol–water partition coefficient (Wildman–Crippen LogP) is 5.82. The molecule has 0 saturated carbocycles. The minimum Gasteiger partial charge on any atom is -0.493 e. The largest absolute Gasteiger partial charge is 0.493 e. The first-order valence-electron chi connectivity index (χ1n) is 13.5. The Hall–Kier alpha value is -4.59. The lowest BCUT2D eigenvalue weighted by Gasteiger charge is -2.17. The van der Waals surface area contributed by atoms with Gasteiger partial charge in [-0.2, -0.15) is 0 Å². The van der Waals surface area contributed by atoms with Gasteiger partial charge in [-0.25, -0.2) is 9.78 Å². The predicted molar refractivity (Wildman–Crippen MR) is 149 cm³/mol. The number of nitrogens with zero attached hydrogens (tertiary/aromatic N) is 2. The molecule has 3 aromatic carbocycles. The number of amides is 1. The Morgan fingerprint density at radius 2 is 1.65 bits per heavy atom. The molecule has 206 valence electrons. The summed E-state index contributed by atoms with van der Waals surface area (Å²) in [4.78, 5) is 31.4. The van der Waals surface area contributed by atoms with Crippen LogP contribution in [-0.2, 0) is 22.4 Å². The molecule has 1 saturated heterocycles. The number of likely N-dealkylation sites (tertiary alicyclic amines) is 1. The molecule has 0 N–H and O–H groups in total. The summed E-state index contributed by atoms with van der Waals surface area (Å²) in [7, 11) is 0. The highest BCUT2D eigenvalue weighted by Crippen LogP contribution is 2.30. The summed E-state index contributed by atoms with van der Waals surface area (Å²) >= 11 is 0. The maximum atomic E-state index is 12.8. The molecule has 1 amide bonds. The van der Waals surface area contributed by atoms with Gasteiger partial charge in [-0.05, 0) is 61.2 Å². The van der Waals surface area contributed by atoms with Crippen molar-refractivity contribution in [1.82, 2.24) is 9.88 Å². The van der Waals surface area contributed by atoms with Crippen LogP contribution in [0.15, 0.2) is 95.5 Å². The molecule has 0 aliphatic carbocycles. The SMILES string of the molecule is CCOC(=O)[C@H]1CN(C(=O)Oc2ccccc2)C[C@H]1Cc1ccc(OCCc2cnc(-c3ccccc3)o2)cc1. The molecular formula is C32H32N2O6. The van der Waals surface area contributed by atoms with E-state index in [1.165, 1.54) is 0 Å². The van der Waals surface area contributed by atoms with Gasteiger partial charge in [0.1, 0.15) is 17.3 Å². The maximum Gasteiger partial charge on any atom is 0.415 e. The van der Waals surface area contributed by atoms with Crippen molar-refractivity contribution in [3.63, 3.8) is 0 Å². The molecule has 1 fully saturated rings. The zero-order valence-electron chi connectivity index (χ0n) is 22.4. The van der Waals surface area contributed by atoms with Gasteiger partial charge in [-0.1, -0.05) is 48.5 Å². The van der Waals surface area contributed by atoms with Crippen LogP contribution in [0.5, 0.6) is 11.5 Å². The number of carbonyl (C=O) groups is 2. The van der Waals surface area contributed by atoms with Crippen molar-refractivity contribution in [2.24, 2.45) is 11.8 Å². The van der Waals surface area contributed by atoms with Gasteiger partial charge in [0.25, 0.3) is 0 Å². The normalized spacial score (nSPS) is 16.5. The fourth-order valence-electron chi connectivity index (χ4n) is 4.83. The second-order valence-corrected chi connectivity index (χ2v) is 9.65. The number of aromatic nitrogens is 1. The number of hydrogen-bond donors (Lipinski definition) is 0. The number of para-hydroxylation sites is 1. The van der Waals surface area contributed by atoms with E-state index < -0.39 is 12.0 Å². The van der Waals surface area contributed by atoms with Crippen LogP contribution < -0.4 is 9.47 Å². The van der Waals surface area contributed by atoms with Crippen molar-refractivity contribution in [1.29, 1.82) is 0 Å². The fraction of sp³-hybridized carbons (Fsp3) is 0.281. The molecule has 2 atom stereocenters. The van der Waals surface area contributed by atoms with Crippen molar-refractivity contribution in [2.75, 3.05) is 26.3 Å². The van der Waals surface area contributed by atoms with Gasteiger partial charge in [0.05, 0.1) is 25.3 Å². The molecule has 8 heteroatoms. The molecule has 0 bridgehead atoms. The first kappa shape index (κ1) is 27.0. The van der Waals surface area contributed by atoms with Crippen LogP contribution in [0.3, 0.4) is 0 Å². The Kier molecular flexibility index (Phi) is 8.76. The lowest BCUT2D eigenvalue weighted by atomic mass is 9.90. The molecule has 1 aliphatic rings. The average Bonchev–Trinajstić information content (AvgIpc) is 3.63. The Morgan fingerprint density at radius 3 is 2.38 bits per heavy atom. The first-order valence-corrected chi connectivity index (χ1v) is 13.5. The standard InChI is InChI=1S/C32H32N2O6/c1-2-37-31(35)29-22-34(32(36)40-27-11-7-4-8-12-27)21-25(29)19-23-13-15-26(16-14-23)38-18-17-28-20-33-30(39-28)24-9-5-3-6-10-24/h3-16,20,25,29H,2,17-19,21-22H2,1H3/t25-,29+/m1/s1. The van der Waals surface area contributed by atoms with Crippen molar-refractivity contribution < 1.29 is 28.2 Å². The highest BCUT2D eigenvalue weighted by atomic mass is 16.6. The fourth-order valence-corrected chi connectivity index (χ4v) is 4.83. The second-order valence-electron chi connectivity index (χ2n) is 9.65. The monoisotopic (exact) mass is 540 g/mol. The third kappa shape index (κ3) is 6.88. The van der Waals surface area contributed by atoms with E-state index in [4.69, 9.17) is 18.6 Å².